The lowest BCUT2D eigenvalue weighted by atomic mass is 9.84. The number of benzene rings is 1. The van der Waals surface area contributed by atoms with Gasteiger partial charge in [-0.05, 0) is 87.9 Å². The number of piperidine rings is 1. The summed E-state index contributed by atoms with van der Waals surface area (Å²) in [5.74, 6) is 1.58. The van der Waals surface area contributed by atoms with Crippen molar-refractivity contribution >= 4 is 33.3 Å². The minimum atomic E-state index is 0.0350. The lowest BCUT2D eigenvalue weighted by Gasteiger charge is -2.32. The van der Waals surface area contributed by atoms with E-state index in [1.165, 1.54) is 60.9 Å². The average Bonchev–Trinajstić information content (AvgIpc) is 3.36. The first kappa shape index (κ1) is 24.8. The van der Waals surface area contributed by atoms with Gasteiger partial charge in [0.15, 0.2) is 5.13 Å². The van der Waals surface area contributed by atoms with Crippen molar-refractivity contribution in [3.63, 3.8) is 0 Å². The van der Waals surface area contributed by atoms with Crippen LogP contribution in [0.4, 0.5) is 5.13 Å². The van der Waals surface area contributed by atoms with Crippen molar-refractivity contribution in [3.05, 3.63) is 52.7 Å². The van der Waals surface area contributed by atoms with Crippen molar-refractivity contribution in [2.45, 2.75) is 70.9 Å². The second kappa shape index (κ2) is 11.1. The maximum atomic E-state index is 13.0. The van der Waals surface area contributed by atoms with Crippen LogP contribution in [0, 0.1) is 11.8 Å². The van der Waals surface area contributed by atoms with Gasteiger partial charge in [-0.3, -0.25) is 14.7 Å². The molecule has 1 saturated heterocycles. The molecular weight excluding hydrogens is 478 g/mol. The molecular formula is C30H39N5OS. The van der Waals surface area contributed by atoms with Gasteiger partial charge in [-0.2, -0.15) is 0 Å². The SMILES string of the molecule is CC1CCCN(c2nc3c(s2)CCN(CC[C@H]2CC[C@H](NC(=O)c4cccc5ncccc45)CC2)C3)C1. The first-order valence-corrected chi connectivity index (χ1v) is 15.0. The van der Waals surface area contributed by atoms with Gasteiger partial charge in [0.05, 0.1) is 11.2 Å². The fourth-order valence-electron chi connectivity index (χ4n) is 6.45. The van der Waals surface area contributed by atoms with Crippen molar-refractivity contribution < 1.29 is 4.79 Å². The highest BCUT2D eigenvalue weighted by Gasteiger charge is 2.27. The fraction of sp³-hybridized carbons (Fsp3) is 0.567. The molecule has 37 heavy (non-hydrogen) atoms. The Morgan fingerprint density at radius 2 is 2.00 bits per heavy atom. The highest BCUT2D eigenvalue weighted by Crippen LogP contribution is 2.34. The van der Waals surface area contributed by atoms with Gasteiger partial charge >= 0.3 is 0 Å². The van der Waals surface area contributed by atoms with E-state index in [4.69, 9.17) is 4.98 Å². The Balaban J connectivity index is 0.963. The average molecular weight is 518 g/mol. The summed E-state index contributed by atoms with van der Waals surface area (Å²) in [5, 5.41) is 5.50. The molecule has 4 heterocycles. The number of hydrogen-bond acceptors (Lipinski definition) is 6. The highest BCUT2D eigenvalue weighted by atomic mass is 32.1. The summed E-state index contributed by atoms with van der Waals surface area (Å²) in [6.07, 6.45) is 11.4. The number of amides is 1. The summed E-state index contributed by atoms with van der Waals surface area (Å²) in [6.45, 7) is 8.04. The second-order valence-electron chi connectivity index (χ2n) is 11.4. The number of nitrogens with one attached hydrogen (secondary N) is 1. The van der Waals surface area contributed by atoms with Crippen molar-refractivity contribution in [3.8, 4) is 0 Å². The van der Waals surface area contributed by atoms with Crippen LogP contribution in [0.3, 0.4) is 0 Å². The predicted octanol–water partition coefficient (Wildman–Crippen LogP) is 5.66. The minimum absolute atomic E-state index is 0.0350. The monoisotopic (exact) mass is 517 g/mol. The number of nitrogens with zero attached hydrogens (tertiary/aromatic N) is 4. The molecule has 196 valence electrons. The largest absolute Gasteiger partial charge is 0.349 e. The van der Waals surface area contributed by atoms with E-state index >= 15 is 0 Å². The molecule has 6 nitrogen and oxygen atoms in total. The van der Waals surface area contributed by atoms with Crippen LogP contribution in [0.15, 0.2) is 36.5 Å². The van der Waals surface area contributed by atoms with Gasteiger partial charge in [0.1, 0.15) is 0 Å². The van der Waals surface area contributed by atoms with Gasteiger partial charge < -0.3 is 10.2 Å². The van der Waals surface area contributed by atoms with Gasteiger partial charge in [0, 0.05) is 54.2 Å². The van der Waals surface area contributed by atoms with Crippen LogP contribution < -0.4 is 10.2 Å². The third kappa shape index (κ3) is 5.68. The van der Waals surface area contributed by atoms with E-state index in [0.29, 0.717) is 0 Å². The molecule has 3 aromatic rings. The number of aromatic nitrogens is 2. The standard InChI is InChI=1S/C30H39N5OS/c1-21-5-4-16-35(19-21)30-33-27-20-34(18-14-28(27)37-30)17-13-22-9-11-23(12-10-22)32-29(36)25-6-2-8-26-24(25)7-3-15-31-26/h2-3,6-8,15,21-23H,4-5,9-14,16-20H2,1H3,(H,32,36)/t21?,22-,23-. The Kier molecular flexibility index (Phi) is 7.43. The summed E-state index contributed by atoms with van der Waals surface area (Å²) >= 11 is 1.95. The van der Waals surface area contributed by atoms with Crippen molar-refractivity contribution in [2.24, 2.45) is 11.8 Å². The Morgan fingerprint density at radius 3 is 2.86 bits per heavy atom. The highest BCUT2D eigenvalue weighted by molar-refractivity contribution is 7.15. The number of rotatable bonds is 6. The number of pyridine rings is 1. The Hall–Kier alpha value is -2.51. The van der Waals surface area contributed by atoms with E-state index in [0.717, 1.165) is 67.2 Å². The van der Waals surface area contributed by atoms with E-state index in [1.54, 1.807) is 6.20 Å². The molecule has 3 aliphatic rings. The van der Waals surface area contributed by atoms with Gasteiger partial charge in [-0.15, -0.1) is 11.3 Å². The molecule has 1 unspecified atom stereocenters. The molecule has 1 N–H and O–H groups in total. The number of hydrogen-bond donors (Lipinski definition) is 1. The molecule has 0 radical (unpaired) electrons. The van der Waals surface area contributed by atoms with E-state index < -0.39 is 0 Å². The zero-order chi connectivity index (χ0) is 25.2. The zero-order valence-corrected chi connectivity index (χ0v) is 22.8. The maximum Gasteiger partial charge on any atom is 0.252 e. The van der Waals surface area contributed by atoms with Gasteiger partial charge in [0.25, 0.3) is 5.91 Å². The number of fused-ring (bicyclic) bond motifs is 2. The Bertz CT molecular complexity index is 1230. The molecule has 1 atom stereocenters. The quantitative estimate of drug-likeness (QED) is 0.457. The fourth-order valence-corrected chi connectivity index (χ4v) is 7.55. The molecule has 1 aliphatic carbocycles. The molecule has 2 aromatic heterocycles. The summed E-state index contributed by atoms with van der Waals surface area (Å²) in [7, 11) is 0. The lowest BCUT2D eigenvalue weighted by molar-refractivity contribution is 0.0921. The van der Waals surface area contributed by atoms with Crippen LogP contribution in [0.25, 0.3) is 10.9 Å². The molecule has 1 saturated carbocycles. The van der Waals surface area contributed by atoms with Crippen LogP contribution >= 0.6 is 11.3 Å². The molecule has 2 aliphatic heterocycles. The molecule has 7 heteroatoms. The minimum Gasteiger partial charge on any atom is -0.349 e. The summed E-state index contributed by atoms with van der Waals surface area (Å²) in [4.78, 5) is 29.1. The van der Waals surface area contributed by atoms with Crippen molar-refractivity contribution in [1.29, 1.82) is 0 Å². The molecule has 0 bridgehead atoms. The third-order valence-electron chi connectivity index (χ3n) is 8.65. The summed E-state index contributed by atoms with van der Waals surface area (Å²) in [5.41, 5.74) is 2.94. The van der Waals surface area contributed by atoms with Crippen LogP contribution in [0.2, 0.25) is 0 Å². The molecule has 0 spiro atoms. The topological polar surface area (TPSA) is 61.4 Å². The normalized spacial score (nSPS) is 24.7. The molecule has 1 aromatic carbocycles. The number of carbonyl (C=O) groups excluding carboxylic acids is 1. The predicted molar refractivity (Wildman–Crippen MR) is 151 cm³/mol. The Morgan fingerprint density at radius 1 is 1.11 bits per heavy atom. The van der Waals surface area contributed by atoms with E-state index in [9.17, 15) is 4.79 Å². The van der Waals surface area contributed by atoms with Gasteiger partial charge in [-0.25, -0.2) is 4.98 Å². The second-order valence-corrected chi connectivity index (χ2v) is 12.5. The van der Waals surface area contributed by atoms with Crippen LogP contribution in [0.5, 0.6) is 0 Å². The zero-order valence-electron chi connectivity index (χ0n) is 22.0. The Labute approximate surface area is 224 Å². The first-order valence-electron chi connectivity index (χ1n) is 14.2. The third-order valence-corrected chi connectivity index (χ3v) is 9.87. The van der Waals surface area contributed by atoms with E-state index in [-0.39, 0.29) is 11.9 Å². The van der Waals surface area contributed by atoms with Gasteiger partial charge in [0.2, 0.25) is 0 Å². The van der Waals surface area contributed by atoms with Crippen molar-refractivity contribution in [1.82, 2.24) is 20.2 Å². The summed E-state index contributed by atoms with van der Waals surface area (Å²) in [6, 6.07) is 9.95. The first-order chi connectivity index (χ1) is 18.1. The van der Waals surface area contributed by atoms with E-state index in [1.807, 2.05) is 41.7 Å². The number of anilines is 1. The van der Waals surface area contributed by atoms with Crippen LogP contribution in [-0.2, 0) is 13.0 Å². The van der Waals surface area contributed by atoms with E-state index in [2.05, 4.69) is 27.0 Å². The molecule has 1 amide bonds. The summed E-state index contributed by atoms with van der Waals surface area (Å²) < 4.78 is 0. The number of carbonyl (C=O) groups is 1. The van der Waals surface area contributed by atoms with Crippen molar-refractivity contribution in [2.75, 3.05) is 31.1 Å². The smallest absolute Gasteiger partial charge is 0.252 e. The molecule has 2 fully saturated rings. The maximum absolute atomic E-state index is 13.0. The number of thiazole rings is 1. The lowest BCUT2D eigenvalue weighted by Crippen LogP contribution is -2.38. The van der Waals surface area contributed by atoms with Gasteiger partial charge in [-0.1, -0.05) is 19.1 Å². The molecule has 6 rings (SSSR count). The van der Waals surface area contributed by atoms with Crippen LogP contribution in [-0.4, -0.2) is 53.0 Å². The van der Waals surface area contributed by atoms with Crippen LogP contribution in [0.1, 0.15) is 72.8 Å².